The van der Waals surface area contributed by atoms with E-state index in [1.54, 1.807) is 0 Å². The molecule has 2 bridgehead atoms. The van der Waals surface area contributed by atoms with E-state index in [1.165, 1.54) is 19.3 Å². The Kier molecular flexibility index (Phi) is 4.21. The summed E-state index contributed by atoms with van der Waals surface area (Å²) in [4.78, 5) is 14.5. The van der Waals surface area contributed by atoms with Gasteiger partial charge in [-0.3, -0.25) is 0 Å². The molecule has 4 heteroatoms. The van der Waals surface area contributed by atoms with Gasteiger partial charge in [-0.2, -0.15) is 11.8 Å². The molecule has 3 aliphatic heterocycles. The smallest absolute Gasteiger partial charge is 0.410 e. The summed E-state index contributed by atoms with van der Waals surface area (Å²) < 4.78 is 6.19. The van der Waals surface area contributed by atoms with Crippen LogP contribution in [0.25, 0.3) is 0 Å². The number of carbonyl (C=O) groups is 1. The molecular formula is C16H27NO2S. The second kappa shape index (κ2) is 5.78. The Morgan fingerprint density at radius 3 is 2.65 bits per heavy atom. The summed E-state index contributed by atoms with van der Waals surface area (Å²) in [5, 5.41) is 1.26. The minimum atomic E-state index is -0.184. The monoisotopic (exact) mass is 297 g/mol. The van der Waals surface area contributed by atoms with Crippen LogP contribution in [0.15, 0.2) is 0 Å². The molecule has 3 saturated heterocycles. The Bertz CT molecular complexity index is 369. The number of likely N-dealkylation sites (tertiary alicyclic amines) is 1. The number of hydrogen-bond acceptors (Lipinski definition) is 3. The van der Waals surface area contributed by atoms with Crippen LogP contribution in [-0.2, 0) is 4.74 Å². The van der Waals surface area contributed by atoms with Gasteiger partial charge in [-0.05, 0) is 44.4 Å². The summed E-state index contributed by atoms with van der Waals surface area (Å²) in [5.74, 6) is 0.471. The predicted molar refractivity (Wildman–Crippen MR) is 83.1 cm³/mol. The number of fused-ring (bicyclic) bond motifs is 2. The maximum absolute atomic E-state index is 12.6. The summed E-state index contributed by atoms with van der Waals surface area (Å²) in [7, 11) is 0. The molecule has 0 aromatic carbocycles. The number of thioether (sulfide) groups is 1. The summed E-state index contributed by atoms with van der Waals surface area (Å²) in [6.45, 7) is 6.26. The molecule has 0 radical (unpaired) electrons. The van der Waals surface area contributed by atoms with E-state index in [2.05, 4.69) is 25.6 Å². The number of carbonyl (C=O) groups excluding carboxylic acids is 1. The van der Waals surface area contributed by atoms with Crippen molar-refractivity contribution >= 4 is 17.9 Å². The Balaban J connectivity index is 1.72. The van der Waals surface area contributed by atoms with Crippen LogP contribution in [0, 0.1) is 5.92 Å². The summed E-state index contributed by atoms with van der Waals surface area (Å²) in [6, 6.07) is 0. The fraction of sp³-hybridized carbons (Fsp3) is 0.938. The van der Waals surface area contributed by atoms with Crippen LogP contribution in [0.5, 0.6) is 0 Å². The first-order valence-corrected chi connectivity index (χ1v) is 9.23. The van der Waals surface area contributed by atoms with Gasteiger partial charge in [0, 0.05) is 30.0 Å². The number of hydrogen-bond donors (Lipinski definition) is 0. The average Bonchev–Trinajstić information content (AvgIpc) is 3.08. The van der Waals surface area contributed by atoms with Gasteiger partial charge >= 0.3 is 6.09 Å². The largest absolute Gasteiger partial charge is 0.441 e. The first-order valence-electron chi connectivity index (χ1n) is 8.29. The Labute approximate surface area is 126 Å². The maximum Gasteiger partial charge on any atom is 0.410 e. The third kappa shape index (κ3) is 2.44. The Morgan fingerprint density at radius 2 is 2.10 bits per heavy atom. The molecule has 0 aliphatic carbocycles. The first kappa shape index (κ1) is 14.6. The number of rotatable bonds is 3. The average molecular weight is 297 g/mol. The van der Waals surface area contributed by atoms with Crippen molar-refractivity contribution in [1.82, 2.24) is 4.90 Å². The van der Waals surface area contributed by atoms with Crippen LogP contribution in [0.4, 0.5) is 4.79 Å². The predicted octanol–water partition coefficient (Wildman–Crippen LogP) is 4.06. The molecule has 3 nitrogen and oxygen atoms in total. The van der Waals surface area contributed by atoms with E-state index in [4.69, 9.17) is 4.74 Å². The molecule has 0 aromatic heterocycles. The van der Waals surface area contributed by atoms with Crippen molar-refractivity contribution < 1.29 is 9.53 Å². The highest BCUT2D eigenvalue weighted by molar-refractivity contribution is 8.01. The lowest BCUT2D eigenvalue weighted by molar-refractivity contribution is -0.0573. The van der Waals surface area contributed by atoms with E-state index in [-0.39, 0.29) is 11.7 Å². The lowest BCUT2D eigenvalue weighted by Crippen LogP contribution is -2.51. The van der Waals surface area contributed by atoms with Crippen molar-refractivity contribution in [2.24, 2.45) is 5.92 Å². The highest BCUT2D eigenvalue weighted by atomic mass is 32.2. The third-order valence-electron chi connectivity index (χ3n) is 5.54. The SMILES string of the molecule is CCC(C)C1(OC(=O)N2CCCCC2)CC2CCC1S2. The summed E-state index contributed by atoms with van der Waals surface area (Å²) in [5.41, 5.74) is -0.184. The second-order valence-electron chi connectivity index (χ2n) is 6.71. The number of ether oxygens (including phenoxy) is 1. The lowest BCUT2D eigenvalue weighted by Gasteiger charge is -2.42. The van der Waals surface area contributed by atoms with E-state index < -0.39 is 0 Å². The molecule has 0 N–H and O–H groups in total. The van der Waals surface area contributed by atoms with Gasteiger partial charge in [0.05, 0.1) is 0 Å². The van der Waals surface area contributed by atoms with Crippen LogP contribution >= 0.6 is 11.8 Å². The van der Waals surface area contributed by atoms with Gasteiger partial charge in [-0.25, -0.2) is 4.79 Å². The van der Waals surface area contributed by atoms with Crippen molar-refractivity contribution in [1.29, 1.82) is 0 Å². The number of piperidine rings is 1. The van der Waals surface area contributed by atoms with E-state index in [0.717, 1.165) is 44.0 Å². The molecule has 3 aliphatic rings. The maximum atomic E-state index is 12.6. The standard InChI is InChI=1S/C16H27NO2S/c1-3-12(2)16(11-13-7-8-14(16)20-13)19-15(18)17-9-5-4-6-10-17/h12-14H,3-11H2,1-2H3. The highest BCUT2D eigenvalue weighted by Gasteiger charge is 2.57. The van der Waals surface area contributed by atoms with Crippen LogP contribution in [-0.4, -0.2) is 40.2 Å². The minimum absolute atomic E-state index is 0.0434. The van der Waals surface area contributed by atoms with Gasteiger partial charge in [0.2, 0.25) is 0 Å². The fourth-order valence-corrected chi connectivity index (χ4v) is 6.05. The molecule has 114 valence electrons. The summed E-state index contributed by atoms with van der Waals surface area (Å²) in [6.07, 6.45) is 8.19. The molecule has 3 heterocycles. The van der Waals surface area contributed by atoms with Gasteiger partial charge in [-0.15, -0.1) is 0 Å². The number of nitrogens with zero attached hydrogens (tertiary/aromatic N) is 1. The van der Waals surface area contributed by atoms with Crippen LogP contribution in [0.2, 0.25) is 0 Å². The third-order valence-corrected chi connectivity index (χ3v) is 7.29. The van der Waals surface area contributed by atoms with E-state index >= 15 is 0 Å². The molecule has 4 unspecified atom stereocenters. The quantitative estimate of drug-likeness (QED) is 0.786. The fourth-order valence-electron chi connectivity index (χ4n) is 4.08. The lowest BCUT2D eigenvalue weighted by atomic mass is 9.75. The Hall–Kier alpha value is -0.380. The van der Waals surface area contributed by atoms with E-state index in [0.29, 0.717) is 11.2 Å². The minimum Gasteiger partial charge on any atom is -0.441 e. The molecule has 4 atom stereocenters. The van der Waals surface area contributed by atoms with Gasteiger partial charge in [0.15, 0.2) is 0 Å². The van der Waals surface area contributed by atoms with Gasteiger partial charge in [0.1, 0.15) is 5.60 Å². The second-order valence-corrected chi connectivity index (χ2v) is 8.22. The molecule has 20 heavy (non-hydrogen) atoms. The van der Waals surface area contributed by atoms with Gasteiger partial charge < -0.3 is 9.64 Å². The zero-order chi connectivity index (χ0) is 14.2. The van der Waals surface area contributed by atoms with Crippen molar-refractivity contribution in [3.05, 3.63) is 0 Å². The molecule has 1 amide bonds. The topological polar surface area (TPSA) is 29.5 Å². The van der Waals surface area contributed by atoms with Crippen LogP contribution < -0.4 is 0 Å². The van der Waals surface area contributed by atoms with Crippen molar-refractivity contribution in [3.63, 3.8) is 0 Å². The van der Waals surface area contributed by atoms with Crippen molar-refractivity contribution in [2.45, 2.75) is 74.9 Å². The van der Waals surface area contributed by atoms with E-state index in [1.807, 2.05) is 4.90 Å². The van der Waals surface area contributed by atoms with Crippen molar-refractivity contribution in [3.8, 4) is 0 Å². The highest BCUT2D eigenvalue weighted by Crippen LogP contribution is 2.56. The number of amides is 1. The normalized spacial score (nSPS) is 38.0. The molecular weight excluding hydrogens is 270 g/mol. The molecule has 0 aromatic rings. The van der Waals surface area contributed by atoms with Crippen molar-refractivity contribution in [2.75, 3.05) is 13.1 Å². The molecule has 0 spiro atoms. The van der Waals surface area contributed by atoms with Crippen LogP contribution in [0.3, 0.4) is 0 Å². The van der Waals surface area contributed by atoms with Crippen LogP contribution in [0.1, 0.15) is 58.8 Å². The van der Waals surface area contributed by atoms with E-state index in [9.17, 15) is 4.79 Å². The molecule has 0 saturated carbocycles. The first-order chi connectivity index (χ1) is 9.65. The zero-order valence-electron chi connectivity index (χ0n) is 12.8. The molecule has 3 rings (SSSR count). The molecule has 3 fully saturated rings. The van der Waals surface area contributed by atoms with Gasteiger partial charge in [-0.1, -0.05) is 13.8 Å². The Morgan fingerprint density at radius 1 is 1.35 bits per heavy atom. The zero-order valence-corrected chi connectivity index (χ0v) is 13.6. The van der Waals surface area contributed by atoms with Gasteiger partial charge in [0.25, 0.3) is 0 Å². The summed E-state index contributed by atoms with van der Waals surface area (Å²) >= 11 is 2.08.